The summed E-state index contributed by atoms with van der Waals surface area (Å²) in [5.74, 6) is 0.225. The van der Waals surface area contributed by atoms with E-state index >= 15 is 0 Å². The normalized spacial score (nSPS) is 16.6. The second-order valence-electron chi connectivity index (χ2n) is 5.47. The molecule has 0 bridgehead atoms. The van der Waals surface area contributed by atoms with Crippen LogP contribution >= 0.6 is 0 Å². The number of nitrogens with one attached hydrogen (secondary N) is 1. The van der Waals surface area contributed by atoms with E-state index in [2.05, 4.69) is 10.2 Å². The Labute approximate surface area is 127 Å². The van der Waals surface area contributed by atoms with Crippen molar-refractivity contribution < 1.29 is 14.3 Å². The number of hydrogen-bond acceptors (Lipinski definition) is 5. The number of likely N-dealkylation sites (N-methyl/N-ethyl adjacent to an activating group) is 1. The summed E-state index contributed by atoms with van der Waals surface area (Å²) in [6.07, 6.45) is 0.907. The summed E-state index contributed by atoms with van der Waals surface area (Å²) >= 11 is 0. The molecule has 0 aromatic heterocycles. The average Bonchev–Trinajstić information content (AvgIpc) is 2.69. The molecule has 0 aromatic carbocycles. The largest absolute Gasteiger partial charge is 0.383 e. The van der Waals surface area contributed by atoms with Crippen LogP contribution < -0.4 is 5.32 Å². The van der Waals surface area contributed by atoms with Gasteiger partial charge in [-0.05, 0) is 6.42 Å². The quantitative estimate of drug-likeness (QED) is 0.601. The van der Waals surface area contributed by atoms with Crippen LogP contribution in [0.2, 0.25) is 0 Å². The molecular formula is C14H28N4O3. The molecule has 1 aliphatic heterocycles. The fraction of sp³-hybridized carbons (Fsp3) is 0.857. The molecule has 7 nitrogen and oxygen atoms in total. The molecule has 0 aromatic rings. The van der Waals surface area contributed by atoms with Crippen molar-refractivity contribution in [3.63, 3.8) is 0 Å². The van der Waals surface area contributed by atoms with Gasteiger partial charge in [0.25, 0.3) is 0 Å². The van der Waals surface area contributed by atoms with Crippen molar-refractivity contribution in [1.29, 1.82) is 0 Å². The van der Waals surface area contributed by atoms with Crippen LogP contribution in [0.3, 0.4) is 0 Å². The third-order valence-electron chi connectivity index (χ3n) is 3.56. The average molecular weight is 300 g/mol. The van der Waals surface area contributed by atoms with Crippen molar-refractivity contribution in [3.8, 4) is 0 Å². The molecule has 1 fully saturated rings. The van der Waals surface area contributed by atoms with Crippen molar-refractivity contribution >= 4 is 11.8 Å². The highest BCUT2D eigenvalue weighted by Gasteiger charge is 2.20. The number of ether oxygens (including phenoxy) is 1. The molecule has 1 heterocycles. The summed E-state index contributed by atoms with van der Waals surface area (Å²) in [5, 5.41) is 3.07. The Balaban J connectivity index is 2.31. The highest BCUT2D eigenvalue weighted by Crippen LogP contribution is 2.03. The van der Waals surface area contributed by atoms with Crippen molar-refractivity contribution in [2.75, 3.05) is 73.6 Å². The van der Waals surface area contributed by atoms with Gasteiger partial charge in [-0.25, -0.2) is 0 Å². The standard InChI is InChI=1S/C14H28N4O3/c1-16(2)14(20)12-17-6-4-7-18(9-8-17)13(19)11-15-5-10-21-3/h15H,4-12H2,1-3H3. The zero-order valence-corrected chi connectivity index (χ0v) is 13.4. The van der Waals surface area contributed by atoms with Gasteiger partial charge in [0.1, 0.15) is 0 Å². The van der Waals surface area contributed by atoms with Crippen LogP contribution in [0.1, 0.15) is 6.42 Å². The first-order chi connectivity index (χ1) is 10.0. The van der Waals surface area contributed by atoms with Crippen molar-refractivity contribution in [2.45, 2.75) is 6.42 Å². The topological polar surface area (TPSA) is 65.1 Å². The second-order valence-corrected chi connectivity index (χ2v) is 5.47. The highest BCUT2D eigenvalue weighted by atomic mass is 16.5. The maximum Gasteiger partial charge on any atom is 0.236 e. The Morgan fingerprint density at radius 1 is 1.19 bits per heavy atom. The SMILES string of the molecule is COCCNCC(=O)N1CCCN(CC(=O)N(C)C)CC1. The third kappa shape index (κ3) is 6.88. The molecule has 1 N–H and O–H groups in total. The Morgan fingerprint density at radius 2 is 1.95 bits per heavy atom. The van der Waals surface area contributed by atoms with Gasteiger partial charge in [0.05, 0.1) is 19.7 Å². The van der Waals surface area contributed by atoms with E-state index in [1.807, 2.05) is 4.90 Å². The van der Waals surface area contributed by atoms with Gasteiger partial charge in [-0.1, -0.05) is 0 Å². The molecule has 2 amide bonds. The maximum absolute atomic E-state index is 12.1. The first-order valence-corrected chi connectivity index (χ1v) is 7.44. The summed E-state index contributed by atoms with van der Waals surface area (Å²) in [6.45, 7) is 5.13. The number of carbonyl (C=O) groups is 2. The summed E-state index contributed by atoms with van der Waals surface area (Å²) < 4.78 is 4.93. The van der Waals surface area contributed by atoms with Gasteiger partial charge in [0, 0.05) is 53.9 Å². The van der Waals surface area contributed by atoms with Gasteiger partial charge in [-0.3, -0.25) is 14.5 Å². The summed E-state index contributed by atoms with van der Waals surface area (Å²) in [4.78, 5) is 29.4. The zero-order valence-electron chi connectivity index (χ0n) is 13.4. The van der Waals surface area contributed by atoms with E-state index in [9.17, 15) is 9.59 Å². The van der Waals surface area contributed by atoms with Gasteiger partial charge < -0.3 is 19.9 Å². The molecule has 122 valence electrons. The lowest BCUT2D eigenvalue weighted by molar-refractivity contribution is -0.130. The number of rotatable bonds is 7. The lowest BCUT2D eigenvalue weighted by atomic mass is 10.3. The third-order valence-corrected chi connectivity index (χ3v) is 3.56. The number of methoxy groups -OCH3 is 1. The van der Waals surface area contributed by atoms with E-state index in [0.717, 1.165) is 26.1 Å². The Morgan fingerprint density at radius 3 is 2.62 bits per heavy atom. The highest BCUT2D eigenvalue weighted by molar-refractivity contribution is 5.78. The lowest BCUT2D eigenvalue weighted by Gasteiger charge is -2.23. The molecule has 0 aliphatic carbocycles. The van der Waals surface area contributed by atoms with Crippen molar-refractivity contribution in [2.24, 2.45) is 0 Å². The minimum Gasteiger partial charge on any atom is -0.383 e. The van der Waals surface area contributed by atoms with E-state index < -0.39 is 0 Å². The molecule has 0 saturated carbocycles. The van der Waals surface area contributed by atoms with Crippen molar-refractivity contribution in [1.82, 2.24) is 20.0 Å². The smallest absolute Gasteiger partial charge is 0.236 e. The number of hydrogen-bond donors (Lipinski definition) is 1. The molecule has 1 saturated heterocycles. The first-order valence-electron chi connectivity index (χ1n) is 7.44. The van der Waals surface area contributed by atoms with Gasteiger partial charge in [0.15, 0.2) is 0 Å². The van der Waals surface area contributed by atoms with Gasteiger partial charge >= 0.3 is 0 Å². The van der Waals surface area contributed by atoms with Crippen LogP contribution in [0, 0.1) is 0 Å². The van der Waals surface area contributed by atoms with Gasteiger partial charge in [-0.2, -0.15) is 0 Å². The van der Waals surface area contributed by atoms with Crippen LogP contribution in [-0.2, 0) is 14.3 Å². The predicted octanol–water partition coefficient (Wildman–Crippen LogP) is -1.16. The Kier molecular flexibility index (Phi) is 8.26. The molecule has 0 unspecified atom stereocenters. The minimum atomic E-state index is 0.107. The van der Waals surface area contributed by atoms with E-state index in [1.165, 1.54) is 0 Å². The zero-order chi connectivity index (χ0) is 15.7. The van der Waals surface area contributed by atoms with Crippen LogP contribution in [0.5, 0.6) is 0 Å². The fourth-order valence-electron chi connectivity index (χ4n) is 2.19. The maximum atomic E-state index is 12.1. The molecule has 7 heteroatoms. The second kappa shape index (κ2) is 9.70. The molecular weight excluding hydrogens is 272 g/mol. The Bertz CT molecular complexity index is 336. The summed E-state index contributed by atoms with van der Waals surface area (Å²) in [7, 11) is 5.17. The first kappa shape index (κ1) is 17.9. The predicted molar refractivity (Wildman–Crippen MR) is 81.1 cm³/mol. The lowest BCUT2D eigenvalue weighted by Crippen LogP contribution is -2.42. The van der Waals surface area contributed by atoms with E-state index in [1.54, 1.807) is 26.1 Å². The monoisotopic (exact) mass is 300 g/mol. The number of carbonyl (C=O) groups excluding carboxylic acids is 2. The molecule has 1 aliphatic rings. The molecule has 0 radical (unpaired) electrons. The molecule has 0 atom stereocenters. The van der Waals surface area contributed by atoms with Gasteiger partial charge in [-0.15, -0.1) is 0 Å². The van der Waals surface area contributed by atoms with E-state index in [-0.39, 0.29) is 11.8 Å². The van der Waals surface area contributed by atoms with Crippen LogP contribution in [0.15, 0.2) is 0 Å². The fourth-order valence-corrected chi connectivity index (χ4v) is 2.19. The number of nitrogens with zero attached hydrogens (tertiary/aromatic N) is 3. The van der Waals surface area contributed by atoms with E-state index in [0.29, 0.717) is 32.8 Å². The molecule has 0 spiro atoms. The van der Waals surface area contributed by atoms with Gasteiger partial charge in [0.2, 0.25) is 11.8 Å². The molecule has 21 heavy (non-hydrogen) atoms. The Hall–Kier alpha value is -1.18. The molecule has 1 rings (SSSR count). The summed E-state index contributed by atoms with van der Waals surface area (Å²) in [5.41, 5.74) is 0. The summed E-state index contributed by atoms with van der Waals surface area (Å²) in [6, 6.07) is 0. The van der Waals surface area contributed by atoms with E-state index in [4.69, 9.17) is 4.74 Å². The number of amides is 2. The minimum absolute atomic E-state index is 0.107. The van der Waals surface area contributed by atoms with Crippen LogP contribution in [-0.4, -0.2) is 100 Å². The van der Waals surface area contributed by atoms with Crippen molar-refractivity contribution in [3.05, 3.63) is 0 Å². The van der Waals surface area contributed by atoms with Crippen LogP contribution in [0.25, 0.3) is 0 Å². The van der Waals surface area contributed by atoms with Crippen LogP contribution in [0.4, 0.5) is 0 Å².